The zero-order valence-corrected chi connectivity index (χ0v) is 13.0. The summed E-state index contributed by atoms with van der Waals surface area (Å²) in [5.41, 5.74) is 2.13. The molecule has 5 heteroatoms. The van der Waals surface area contributed by atoms with Gasteiger partial charge in [-0.25, -0.2) is 9.59 Å². The Kier molecular flexibility index (Phi) is 6.21. The second-order valence-electron chi connectivity index (χ2n) is 5.77. The monoisotopic (exact) mass is 292 g/mol. The molecule has 0 aliphatic rings. The molecule has 0 fully saturated rings. The topological polar surface area (TPSA) is 78.4 Å². The smallest absolute Gasteiger partial charge is 0.326 e. The van der Waals surface area contributed by atoms with Gasteiger partial charge in [-0.05, 0) is 31.7 Å². The SMILES string of the molecule is Cc1ccc(C(C)NC(=O)N[C@H](CC(C)C)C(=O)O)cc1. The van der Waals surface area contributed by atoms with E-state index in [1.165, 1.54) is 0 Å². The summed E-state index contributed by atoms with van der Waals surface area (Å²) in [5, 5.41) is 14.4. The van der Waals surface area contributed by atoms with Crippen LogP contribution in [-0.4, -0.2) is 23.1 Å². The van der Waals surface area contributed by atoms with Gasteiger partial charge in [0, 0.05) is 0 Å². The fourth-order valence-corrected chi connectivity index (χ4v) is 2.03. The number of urea groups is 1. The van der Waals surface area contributed by atoms with Gasteiger partial charge < -0.3 is 15.7 Å². The molecule has 0 radical (unpaired) electrons. The lowest BCUT2D eigenvalue weighted by molar-refractivity contribution is -0.139. The largest absolute Gasteiger partial charge is 0.480 e. The van der Waals surface area contributed by atoms with Crippen LogP contribution in [0.2, 0.25) is 0 Å². The van der Waals surface area contributed by atoms with Gasteiger partial charge in [0.2, 0.25) is 0 Å². The summed E-state index contributed by atoms with van der Waals surface area (Å²) in [4.78, 5) is 23.0. The molecule has 0 bridgehead atoms. The lowest BCUT2D eigenvalue weighted by atomic mass is 10.0. The summed E-state index contributed by atoms with van der Waals surface area (Å²) in [6.07, 6.45) is 0.404. The number of benzene rings is 1. The van der Waals surface area contributed by atoms with Crippen molar-refractivity contribution < 1.29 is 14.7 Å². The number of hydrogen-bond donors (Lipinski definition) is 3. The summed E-state index contributed by atoms with van der Waals surface area (Å²) in [7, 11) is 0. The van der Waals surface area contributed by atoms with E-state index < -0.39 is 18.0 Å². The van der Waals surface area contributed by atoms with E-state index in [1.807, 2.05) is 52.0 Å². The number of carbonyl (C=O) groups excluding carboxylic acids is 1. The van der Waals surface area contributed by atoms with E-state index in [9.17, 15) is 9.59 Å². The Bertz CT molecular complexity index is 483. The van der Waals surface area contributed by atoms with Gasteiger partial charge in [0.1, 0.15) is 6.04 Å². The highest BCUT2D eigenvalue weighted by Gasteiger charge is 2.21. The van der Waals surface area contributed by atoms with Gasteiger partial charge in [-0.1, -0.05) is 43.7 Å². The molecule has 1 rings (SSSR count). The highest BCUT2D eigenvalue weighted by atomic mass is 16.4. The van der Waals surface area contributed by atoms with Crippen molar-refractivity contribution in [2.75, 3.05) is 0 Å². The van der Waals surface area contributed by atoms with E-state index in [-0.39, 0.29) is 12.0 Å². The number of hydrogen-bond acceptors (Lipinski definition) is 2. The fraction of sp³-hybridized carbons (Fsp3) is 0.500. The fourth-order valence-electron chi connectivity index (χ4n) is 2.03. The Morgan fingerprint density at radius 2 is 1.67 bits per heavy atom. The van der Waals surface area contributed by atoms with Crippen LogP contribution in [0, 0.1) is 12.8 Å². The van der Waals surface area contributed by atoms with Crippen molar-refractivity contribution in [3.05, 3.63) is 35.4 Å². The third-order valence-corrected chi connectivity index (χ3v) is 3.24. The molecule has 0 aliphatic heterocycles. The van der Waals surface area contributed by atoms with Crippen molar-refractivity contribution >= 4 is 12.0 Å². The van der Waals surface area contributed by atoms with Crippen LogP contribution >= 0.6 is 0 Å². The van der Waals surface area contributed by atoms with Crippen molar-refractivity contribution in [1.82, 2.24) is 10.6 Å². The second-order valence-corrected chi connectivity index (χ2v) is 5.77. The number of rotatable bonds is 6. The standard InChI is InChI=1S/C16H24N2O3/c1-10(2)9-14(15(19)20)18-16(21)17-12(4)13-7-5-11(3)6-8-13/h5-8,10,12,14H,9H2,1-4H3,(H,19,20)(H2,17,18,21)/t12?,14-/m1/s1. The van der Waals surface area contributed by atoms with Crippen molar-refractivity contribution in [2.24, 2.45) is 5.92 Å². The first-order chi connectivity index (χ1) is 9.79. The van der Waals surface area contributed by atoms with E-state index in [0.29, 0.717) is 6.42 Å². The molecule has 0 spiro atoms. The molecule has 0 aliphatic carbocycles. The lowest BCUT2D eigenvalue weighted by Crippen LogP contribution is -2.47. The Morgan fingerprint density at radius 1 is 1.10 bits per heavy atom. The number of aliphatic carboxylic acids is 1. The molecule has 0 aromatic heterocycles. The molecule has 116 valence electrons. The Balaban J connectivity index is 2.59. The molecule has 21 heavy (non-hydrogen) atoms. The molecule has 1 unspecified atom stereocenters. The van der Waals surface area contributed by atoms with Crippen LogP contribution in [0.25, 0.3) is 0 Å². The predicted octanol–water partition coefficient (Wildman–Crippen LogP) is 2.85. The summed E-state index contributed by atoms with van der Waals surface area (Å²) in [6, 6.07) is 6.34. The van der Waals surface area contributed by atoms with Crippen LogP contribution in [0.1, 0.15) is 44.4 Å². The van der Waals surface area contributed by atoms with E-state index >= 15 is 0 Å². The molecule has 5 nitrogen and oxygen atoms in total. The first-order valence-electron chi connectivity index (χ1n) is 7.16. The van der Waals surface area contributed by atoms with Crippen LogP contribution in [-0.2, 0) is 4.79 Å². The molecule has 1 aromatic rings. The number of carboxylic acid groups (broad SMARTS) is 1. The molecular formula is C16H24N2O3. The van der Waals surface area contributed by atoms with Crippen molar-refractivity contribution in [2.45, 2.75) is 46.2 Å². The summed E-state index contributed by atoms with van der Waals surface area (Å²) >= 11 is 0. The summed E-state index contributed by atoms with van der Waals surface area (Å²) < 4.78 is 0. The summed E-state index contributed by atoms with van der Waals surface area (Å²) in [6.45, 7) is 7.70. The highest BCUT2D eigenvalue weighted by molar-refractivity contribution is 5.82. The zero-order chi connectivity index (χ0) is 16.0. The van der Waals surface area contributed by atoms with E-state index in [1.54, 1.807) is 0 Å². The predicted molar refractivity (Wildman–Crippen MR) is 82.1 cm³/mol. The van der Waals surface area contributed by atoms with E-state index in [0.717, 1.165) is 11.1 Å². The lowest BCUT2D eigenvalue weighted by Gasteiger charge is -2.19. The average Bonchev–Trinajstić information content (AvgIpc) is 2.37. The van der Waals surface area contributed by atoms with Gasteiger partial charge in [-0.3, -0.25) is 0 Å². The zero-order valence-electron chi connectivity index (χ0n) is 13.0. The van der Waals surface area contributed by atoms with Gasteiger partial charge >= 0.3 is 12.0 Å². The first kappa shape index (κ1) is 17.0. The highest BCUT2D eigenvalue weighted by Crippen LogP contribution is 2.13. The molecule has 1 aromatic carbocycles. The first-order valence-corrected chi connectivity index (χ1v) is 7.16. The minimum Gasteiger partial charge on any atom is -0.480 e. The van der Waals surface area contributed by atoms with Gasteiger partial charge in [0.05, 0.1) is 6.04 Å². The minimum atomic E-state index is -1.01. The number of carboxylic acids is 1. The maximum atomic E-state index is 11.9. The van der Waals surface area contributed by atoms with Crippen molar-refractivity contribution in [3.63, 3.8) is 0 Å². The maximum Gasteiger partial charge on any atom is 0.326 e. The minimum absolute atomic E-state index is 0.181. The Morgan fingerprint density at radius 3 is 2.14 bits per heavy atom. The molecule has 3 N–H and O–H groups in total. The number of amides is 2. The molecular weight excluding hydrogens is 268 g/mol. The van der Waals surface area contributed by atoms with Crippen molar-refractivity contribution in [1.29, 1.82) is 0 Å². The van der Waals surface area contributed by atoms with Crippen LogP contribution in [0.5, 0.6) is 0 Å². The van der Waals surface area contributed by atoms with Crippen LogP contribution < -0.4 is 10.6 Å². The number of carbonyl (C=O) groups is 2. The third-order valence-electron chi connectivity index (χ3n) is 3.24. The number of aryl methyl sites for hydroxylation is 1. The summed E-state index contributed by atoms with van der Waals surface area (Å²) in [5.74, 6) is -0.817. The Labute approximate surface area is 125 Å². The number of nitrogens with one attached hydrogen (secondary N) is 2. The average molecular weight is 292 g/mol. The van der Waals surface area contributed by atoms with Gasteiger partial charge in [0.25, 0.3) is 0 Å². The van der Waals surface area contributed by atoms with Crippen LogP contribution in [0.4, 0.5) is 4.79 Å². The van der Waals surface area contributed by atoms with Gasteiger partial charge in [0.15, 0.2) is 0 Å². The molecule has 0 heterocycles. The molecule has 2 atom stereocenters. The third kappa shape index (κ3) is 5.85. The van der Waals surface area contributed by atoms with Crippen molar-refractivity contribution in [3.8, 4) is 0 Å². The normalized spacial score (nSPS) is 13.6. The molecule has 2 amide bonds. The van der Waals surface area contributed by atoms with Crippen LogP contribution in [0.3, 0.4) is 0 Å². The maximum absolute atomic E-state index is 11.9. The molecule has 0 saturated heterocycles. The van der Waals surface area contributed by atoms with Gasteiger partial charge in [-0.2, -0.15) is 0 Å². The van der Waals surface area contributed by atoms with E-state index in [2.05, 4.69) is 10.6 Å². The van der Waals surface area contributed by atoms with Crippen LogP contribution in [0.15, 0.2) is 24.3 Å². The quantitative estimate of drug-likeness (QED) is 0.754. The second kappa shape index (κ2) is 7.67. The Hall–Kier alpha value is -2.04. The van der Waals surface area contributed by atoms with Gasteiger partial charge in [-0.15, -0.1) is 0 Å². The molecule has 0 saturated carbocycles. The van der Waals surface area contributed by atoms with E-state index in [4.69, 9.17) is 5.11 Å².